The molecule has 0 fully saturated rings. The number of allylic oxidation sites excluding steroid dienone is 2. The van der Waals surface area contributed by atoms with Gasteiger partial charge in [0.1, 0.15) is 0 Å². The van der Waals surface area contributed by atoms with Crippen molar-refractivity contribution < 1.29 is 0 Å². The second kappa shape index (κ2) is 7.77. The molecule has 0 heterocycles. The highest BCUT2D eigenvalue weighted by Crippen LogP contribution is 2.17. The molecule has 1 aromatic rings. The molecule has 0 spiro atoms. The van der Waals surface area contributed by atoms with Crippen molar-refractivity contribution in [3.05, 3.63) is 46.5 Å². The summed E-state index contributed by atoms with van der Waals surface area (Å²) in [7, 11) is 0. The SMILES string of the molecule is CC.Cc1ccc(CC2=CCC#CCC2)cc1C. The Morgan fingerprint density at radius 3 is 2.56 bits per heavy atom. The molecule has 1 aliphatic carbocycles. The number of aryl methyl sites for hydroxylation is 2. The molecule has 0 unspecified atom stereocenters. The van der Waals surface area contributed by atoms with Crippen LogP contribution in [-0.4, -0.2) is 0 Å². The second-order valence-electron chi connectivity index (χ2n) is 4.52. The van der Waals surface area contributed by atoms with E-state index in [9.17, 15) is 0 Å². The van der Waals surface area contributed by atoms with E-state index in [0.717, 1.165) is 25.7 Å². The van der Waals surface area contributed by atoms with Gasteiger partial charge in [-0.05, 0) is 43.4 Å². The van der Waals surface area contributed by atoms with Gasteiger partial charge < -0.3 is 0 Å². The standard InChI is InChI=1S/C16H18.C2H6/c1-13-9-10-16(11-14(13)2)12-15-7-5-3-4-6-8-15;1-2/h7,9-11H,5-6,8,12H2,1-2H3;1-2H3. The van der Waals surface area contributed by atoms with E-state index >= 15 is 0 Å². The molecule has 96 valence electrons. The highest BCUT2D eigenvalue weighted by Gasteiger charge is 2.02. The third-order valence-corrected chi connectivity index (χ3v) is 3.19. The van der Waals surface area contributed by atoms with Gasteiger partial charge in [0.2, 0.25) is 0 Å². The van der Waals surface area contributed by atoms with Gasteiger partial charge in [0, 0.05) is 12.8 Å². The van der Waals surface area contributed by atoms with Crippen LogP contribution in [0.4, 0.5) is 0 Å². The Morgan fingerprint density at radius 2 is 1.83 bits per heavy atom. The third-order valence-electron chi connectivity index (χ3n) is 3.19. The van der Waals surface area contributed by atoms with Crippen LogP contribution in [-0.2, 0) is 6.42 Å². The summed E-state index contributed by atoms with van der Waals surface area (Å²) in [5, 5.41) is 0. The molecule has 18 heavy (non-hydrogen) atoms. The van der Waals surface area contributed by atoms with Crippen LogP contribution in [0.2, 0.25) is 0 Å². The summed E-state index contributed by atoms with van der Waals surface area (Å²) in [4.78, 5) is 0. The van der Waals surface area contributed by atoms with Crippen LogP contribution in [0.3, 0.4) is 0 Å². The van der Waals surface area contributed by atoms with Crippen molar-refractivity contribution in [3.63, 3.8) is 0 Å². The average molecular weight is 240 g/mol. The second-order valence-corrected chi connectivity index (χ2v) is 4.52. The molecule has 1 aliphatic rings. The maximum atomic E-state index is 3.18. The van der Waals surface area contributed by atoms with Gasteiger partial charge >= 0.3 is 0 Å². The van der Waals surface area contributed by atoms with Gasteiger partial charge in [-0.3, -0.25) is 0 Å². The molecular weight excluding hydrogens is 216 g/mol. The van der Waals surface area contributed by atoms with E-state index in [4.69, 9.17) is 0 Å². The van der Waals surface area contributed by atoms with Crippen LogP contribution in [0.5, 0.6) is 0 Å². The molecule has 0 saturated carbocycles. The Hall–Kier alpha value is -1.48. The zero-order chi connectivity index (χ0) is 13.4. The van der Waals surface area contributed by atoms with Gasteiger partial charge in [0.15, 0.2) is 0 Å². The third kappa shape index (κ3) is 4.41. The van der Waals surface area contributed by atoms with E-state index < -0.39 is 0 Å². The maximum absolute atomic E-state index is 3.18. The zero-order valence-corrected chi connectivity index (χ0v) is 12.1. The van der Waals surface area contributed by atoms with Crippen molar-refractivity contribution in [2.24, 2.45) is 0 Å². The van der Waals surface area contributed by atoms with Crippen molar-refractivity contribution >= 4 is 0 Å². The highest BCUT2D eigenvalue weighted by atomic mass is 14.1. The van der Waals surface area contributed by atoms with E-state index in [1.165, 1.54) is 22.3 Å². The Morgan fingerprint density at radius 1 is 1.06 bits per heavy atom. The molecule has 2 rings (SSSR count). The Kier molecular flexibility index (Phi) is 6.29. The van der Waals surface area contributed by atoms with E-state index in [2.05, 4.69) is 50.0 Å². The molecule has 0 nitrogen and oxygen atoms in total. The Labute approximate surface area is 112 Å². The van der Waals surface area contributed by atoms with Gasteiger partial charge in [-0.15, -0.1) is 5.92 Å². The molecule has 0 N–H and O–H groups in total. The summed E-state index contributed by atoms with van der Waals surface area (Å²) in [6.45, 7) is 8.35. The van der Waals surface area contributed by atoms with E-state index in [1.807, 2.05) is 13.8 Å². The fourth-order valence-corrected chi connectivity index (χ4v) is 2.02. The monoisotopic (exact) mass is 240 g/mol. The molecule has 0 atom stereocenters. The number of hydrogen-bond acceptors (Lipinski definition) is 0. The van der Waals surface area contributed by atoms with Crippen LogP contribution in [0.15, 0.2) is 29.8 Å². The van der Waals surface area contributed by atoms with Crippen LogP contribution in [0.1, 0.15) is 49.8 Å². The van der Waals surface area contributed by atoms with Crippen molar-refractivity contribution in [1.29, 1.82) is 0 Å². The molecule has 1 aromatic carbocycles. The van der Waals surface area contributed by atoms with E-state index in [1.54, 1.807) is 0 Å². The topological polar surface area (TPSA) is 0 Å². The minimum atomic E-state index is 0.931. The minimum Gasteiger partial charge on any atom is -0.103 e. The summed E-state index contributed by atoms with van der Waals surface area (Å²) in [6.07, 6.45) is 6.48. The van der Waals surface area contributed by atoms with Gasteiger partial charge in [0.25, 0.3) is 0 Å². The molecule has 0 aliphatic heterocycles. The summed E-state index contributed by atoms with van der Waals surface area (Å²) >= 11 is 0. The fourth-order valence-electron chi connectivity index (χ4n) is 2.02. The predicted octanol–water partition coefficient (Wildman–Crippen LogP) is 4.99. The van der Waals surface area contributed by atoms with Crippen molar-refractivity contribution in [3.8, 4) is 11.8 Å². The first-order chi connectivity index (χ1) is 8.75. The molecule has 0 heteroatoms. The number of benzene rings is 1. The highest BCUT2D eigenvalue weighted by molar-refractivity contribution is 5.33. The summed E-state index contributed by atoms with van der Waals surface area (Å²) in [5.41, 5.74) is 5.72. The van der Waals surface area contributed by atoms with Crippen LogP contribution >= 0.6 is 0 Å². The largest absolute Gasteiger partial charge is 0.103 e. The van der Waals surface area contributed by atoms with Crippen LogP contribution in [0.25, 0.3) is 0 Å². The summed E-state index contributed by atoms with van der Waals surface area (Å²) in [6, 6.07) is 6.77. The fraction of sp³-hybridized carbons (Fsp3) is 0.444. The summed E-state index contributed by atoms with van der Waals surface area (Å²) < 4.78 is 0. The quantitative estimate of drug-likeness (QED) is 0.505. The van der Waals surface area contributed by atoms with Crippen molar-refractivity contribution in [1.82, 2.24) is 0 Å². The summed E-state index contributed by atoms with van der Waals surface area (Å²) in [5.74, 6) is 6.34. The molecular formula is C18H24. The normalized spacial score (nSPS) is 13.4. The van der Waals surface area contributed by atoms with Gasteiger partial charge in [0.05, 0.1) is 0 Å². The van der Waals surface area contributed by atoms with Crippen LogP contribution < -0.4 is 0 Å². The first kappa shape index (κ1) is 14.6. The lowest BCUT2D eigenvalue weighted by Crippen LogP contribution is -1.92. The predicted molar refractivity (Wildman–Crippen MR) is 80.7 cm³/mol. The Balaban J connectivity index is 0.000000771. The van der Waals surface area contributed by atoms with Gasteiger partial charge in [-0.25, -0.2) is 0 Å². The number of hydrogen-bond donors (Lipinski definition) is 0. The smallest absolute Gasteiger partial charge is 0.0272 e. The van der Waals surface area contributed by atoms with Crippen LogP contribution in [0, 0.1) is 25.7 Å². The lowest BCUT2D eigenvalue weighted by Gasteiger charge is -2.07. The van der Waals surface area contributed by atoms with Gasteiger partial charge in [-0.2, -0.15) is 0 Å². The lowest BCUT2D eigenvalue weighted by atomic mass is 9.98. The van der Waals surface area contributed by atoms with E-state index in [-0.39, 0.29) is 0 Å². The maximum Gasteiger partial charge on any atom is 0.0272 e. The zero-order valence-electron chi connectivity index (χ0n) is 12.1. The lowest BCUT2D eigenvalue weighted by molar-refractivity contribution is 0.939. The van der Waals surface area contributed by atoms with E-state index in [0.29, 0.717) is 0 Å². The average Bonchev–Trinajstić information content (AvgIpc) is 2.65. The molecule has 0 saturated heterocycles. The molecule has 0 amide bonds. The first-order valence-corrected chi connectivity index (χ1v) is 6.95. The van der Waals surface area contributed by atoms with Crippen molar-refractivity contribution in [2.45, 2.75) is 53.4 Å². The minimum absolute atomic E-state index is 0.931. The van der Waals surface area contributed by atoms with Crippen molar-refractivity contribution in [2.75, 3.05) is 0 Å². The molecule has 0 aromatic heterocycles. The van der Waals surface area contributed by atoms with Gasteiger partial charge in [-0.1, -0.05) is 49.6 Å². The molecule has 0 radical (unpaired) electrons. The molecule has 0 bridgehead atoms. The Bertz CT molecular complexity index is 467. The first-order valence-electron chi connectivity index (χ1n) is 6.95. The number of rotatable bonds is 2.